The Bertz CT molecular complexity index is 652. The van der Waals surface area contributed by atoms with E-state index in [9.17, 15) is 4.79 Å². The third-order valence-electron chi connectivity index (χ3n) is 3.13. The van der Waals surface area contributed by atoms with Crippen molar-refractivity contribution in [1.82, 2.24) is 4.98 Å². The van der Waals surface area contributed by atoms with Crippen LogP contribution >= 0.6 is 22.9 Å². The third-order valence-corrected chi connectivity index (χ3v) is 4.18. The summed E-state index contributed by atoms with van der Waals surface area (Å²) in [4.78, 5) is 16.1. The highest BCUT2D eigenvalue weighted by atomic mass is 35.5. The maximum Gasteiger partial charge on any atom is 0.229 e. The first-order valence-corrected chi connectivity index (χ1v) is 7.53. The molecule has 1 amide bonds. The molecular weight excluding hydrogens is 296 g/mol. The van der Waals surface area contributed by atoms with Crippen molar-refractivity contribution in [3.8, 4) is 17.0 Å². The van der Waals surface area contributed by atoms with Crippen molar-refractivity contribution in [2.75, 3.05) is 12.4 Å². The van der Waals surface area contributed by atoms with Crippen molar-refractivity contribution >= 4 is 34.0 Å². The lowest BCUT2D eigenvalue weighted by Gasteiger charge is -2.04. The summed E-state index contributed by atoms with van der Waals surface area (Å²) in [7, 11) is 1.58. The summed E-state index contributed by atoms with van der Waals surface area (Å²) in [5.74, 6) is 0.879. The number of nitrogens with zero attached hydrogens (tertiary/aromatic N) is 1. The van der Waals surface area contributed by atoms with Gasteiger partial charge in [-0.15, -0.1) is 11.3 Å². The van der Waals surface area contributed by atoms with Crippen molar-refractivity contribution in [2.45, 2.75) is 12.8 Å². The van der Waals surface area contributed by atoms with Gasteiger partial charge < -0.3 is 10.1 Å². The molecule has 1 fully saturated rings. The van der Waals surface area contributed by atoms with Gasteiger partial charge in [0.1, 0.15) is 5.75 Å². The second-order valence-electron chi connectivity index (χ2n) is 4.65. The van der Waals surface area contributed by atoms with Crippen LogP contribution in [0.3, 0.4) is 0 Å². The molecule has 1 saturated carbocycles. The topological polar surface area (TPSA) is 51.2 Å². The molecule has 0 atom stereocenters. The molecule has 0 spiro atoms. The smallest absolute Gasteiger partial charge is 0.229 e. The second kappa shape index (κ2) is 5.42. The van der Waals surface area contributed by atoms with Gasteiger partial charge in [0, 0.05) is 16.9 Å². The number of aromatic nitrogens is 1. The first-order chi connectivity index (χ1) is 9.67. The largest absolute Gasteiger partial charge is 0.495 e. The maximum absolute atomic E-state index is 11.7. The molecule has 4 nitrogen and oxygen atoms in total. The monoisotopic (exact) mass is 308 g/mol. The summed E-state index contributed by atoms with van der Waals surface area (Å²) in [6, 6.07) is 5.51. The maximum atomic E-state index is 11.7. The van der Waals surface area contributed by atoms with Crippen LogP contribution in [0.15, 0.2) is 23.6 Å². The first-order valence-electron chi connectivity index (χ1n) is 6.27. The number of amides is 1. The highest BCUT2D eigenvalue weighted by Gasteiger charge is 2.30. The Kier molecular flexibility index (Phi) is 3.63. The first kappa shape index (κ1) is 13.4. The second-order valence-corrected chi connectivity index (χ2v) is 5.92. The number of anilines is 1. The van der Waals surface area contributed by atoms with Crippen LogP contribution in [-0.2, 0) is 4.79 Å². The van der Waals surface area contributed by atoms with Gasteiger partial charge in [0.15, 0.2) is 5.13 Å². The number of nitrogens with one attached hydrogen (secondary N) is 1. The van der Waals surface area contributed by atoms with Crippen molar-refractivity contribution in [3.63, 3.8) is 0 Å². The number of hydrogen-bond acceptors (Lipinski definition) is 4. The van der Waals surface area contributed by atoms with Crippen LogP contribution in [0.25, 0.3) is 11.3 Å². The van der Waals surface area contributed by atoms with Crippen molar-refractivity contribution < 1.29 is 9.53 Å². The van der Waals surface area contributed by atoms with Gasteiger partial charge in [-0.1, -0.05) is 11.6 Å². The average molecular weight is 309 g/mol. The number of halogens is 1. The molecule has 104 valence electrons. The molecule has 1 N–H and O–H groups in total. The molecule has 0 aliphatic heterocycles. The predicted molar refractivity (Wildman–Crippen MR) is 80.5 cm³/mol. The molecule has 1 aliphatic rings. The van der Waals surface area contributed by atoms with Crippen LogP contribution in [0.5, 0.6) is 5.75 Å². The van der Waals surface area contributed by atoms with Crippen LogP contribution in [0.1, 0.15) is 12.8 Å². The number of benzene rings is 1. The summed E-state index contributed by atoms with van der Waals surface area (Å²) in [6.07, 6.45) is 1.97. The summed E-state index contributed by atoms with van der Waals surface area (Å²) >= 11 is 7.52. The fraction of sp³-hybridized carbons (Fsp3) is 0.286. The standard InChI is InChI=1S/C14H13ClN2O2S/c1-19-12-5-4-9(6-10(12)15)11-7-20-14(16-11)17-13(18)8-2-3-8/h4-8H,2-3H2,1H3,(H,16,17,18). The van der Waals surface area contributed by atoms with Gasteiger partial charge in [-0.05, 0) is 31.0 Å². The normalized spacial score (nSPS) is 14.1. The minimum absolute atomic E-state index is 0.0682. The number of hydrogen-bond donors (Lipinski definition) is 1. The average Bonchev–Trinajstić information content (AvgIpc) is 3.19. The predicted octanol–water partition coefficient (Wildman–Crippen LogP) is 3.82. The Labute approximate surface area is 125 Å². The molecule has 0 radical (unpaired) electrons. The third kappa shape index (κ3) is 2.78. The zero-order valence-electron chi connectivity index (χ0n) is 10.9. The van der Waals surface area contributed by atoms with E-state index in [4.69, 9.17) is 16.3 Å². The molecule has 1 heterocycles. The van der Waals surface area contributed by atoms with Gasteiger partial charge >= 0.3 is 0 Å². The number of ether oxygens (including phenoxy) is 1. The summed E-state index contributed by atoms with van der Waals surface area (Å²) in [5, 5.41) is 5.92. The molecule has 6 heteroatoms. The number of rotatable bonds is 4. The van der Waals surface area contributed by atoms with Gasteiger partial charge in [-0.2, -0.15) is 0 Å². The molecule has 0 bridgehead atoms. The molecule has 1 aliphatic carbocycles. The van der Waals surface area contributed by atoms with Crippen LogP contribution in [0.4, 0.5) is 5.13 Å². The summed E-state index contributed by atoms with van der Waals surface area (Å²) in [5.41, 5.74) is 1.70. The Morgan fingerprint density at radius 1 is 1.50 bits per heavy atom. The van der Waals surface area contributed by atoms with Crippen LogP contribution < -0.4 is 10.1 Å². The van der Waals surface area contributed by atoms with Gasteiger partial charge in [0.2, 0.25) is 5.91 Å². The van der Waals surface area contributed by atoms with E-state index in [-0.39, 0.29) is 11.8 Å². The van der Waals surface area contributed by atoms with E-state index in [1.807, 2.05) is 17.5 Å². The lowest BCUT2D eigenvalue weighted by atomic mass is 10.2. The number of carbonyl (C=O) groups is 1. The fourth-order valence-electron chi connectivity index (χ4n) is 1.84. The van der Waals surface area contributed by atoms with E-state index in [2.05, 4.69) is 10.3 Å². The summed E-state index contributed by atoms with van der Waals surface area (Å²) < 4.78 is 5.12. The SMILES string of the molecule is COc1ccc(-c2csc(NC(=O)C3CC3)n2)cc1Cl. The molecule has 3 rings (SSSR count). The Hall–Kier alpha value is -1.59. The van der Waals surface area contributed by atoms with Crippen molar-refractivity contribution in [2.24, 2.45) is 5.92 Å². The summed E-state index contributed by atoms with van der Waals surface area (Å²) in [6.45, 7) is 0. The minimum Gasteiger partial charge on any atom is -0.495 e. The molecule has 20 heavy (non-hydrogen) atoms. The number of methoxy groups -OCH3 is 1. The van der Waals surface area contributed by atoms with E-state index in [1.54, 1.807) is 13.2 Å². The highest BCUT2D eigenvalue weighted by Crippen LogP contribution is 2.33. The van der Waals surface area contributed by atoms with Gasteiger partial charge in [0.05, 0.1) is 17.8 Å². The van der Waals surface area contributed by atoms with Gasteiger partial charge in [-0.25, -0.2) is 4.98 Å². The van der Waals surface area contributed by atoms with E-state index in [0.717, 1.165) is 24.1 Å². The fourth-order valence-corrected chi connectivity index (χ4v) is 2.82. The molecular formula is C14H13ClN2O2S. The van der Waals surface area contributed by atoms with E-state index >= 15 is 0 Å². The van der Waals surface area contributed by atoms with Crippen LogP contribution in [0.2, 0.25) is 5.02 Å². The lowest BCUT2D eigenvalue weighted by Crippen LogP contribution is -2.12. The Morgan fingerprint density at radius 2 is 2.30 bits per heavy atom. The van der Waals surface area contributed by atoms with Crippen LogP contribution in [0, 0.1) is 5.92 Å². The van der Waals surface area contributed by atoms with E-state index < -0.39 is 0 Å². The van der Waals surface area contributed by atoms with Gasteiger partial charge in [-0.3, -0.25) is 4.79 Å². The van der Waals surface area contributed by atoms with Crippen LogP contribution in [-0.4, -0.2) is 18.0 Å². The minimum atomic E-state index is 0.0682. The molecule has 1 aromatic heterocycles. The zero-order chi connectivity index (χ0) is 14.1. The van der Waals surface area contributed by atoms with Crippen molar-refractivity contribution in [3.05, 3.63) is 28.6 Å². The Morgan fingerprint density at radius 3 is 2.95 bits per heavy atom. The molecule has 1 aromatic carbocycles. The molecule has 0 unspecified atom stereocenters. The number of thiazole rings is 1. The zero-order valence-corrected chi connectivity index (χ0v) is 12.4. The Balaban J connectivity index is 1.78. The van der Waals surface area contributed by atoms with Crippen molar-refractivity contribution in [1.29, 1.82) is 0 Å². The van der Waals surface area contributed by atoms with Gasteiger partial charge in [0.25, 0.3) is 0 Å². The van der Waals surface area contributed by atoms with E-state index in [1.165, 1.54) is 11.3 Å². The lowest BCUT2D eigenvalue weighted by molar-refractivity contribution is -0.117. The quantitative estimate of drug-likeness (QED) is 0.934. The molecule has 2 aromatic rings. The number of carbonyl (C=O) groups excluding carboxylic acids is 1. The van der Waals surface area contributed by atoms with E-state index in [0.29, 0.717) is 15.9 Å². The highest BCUT2D eigenvalue weighted by molar-refractivity contribution is 7.14. The molecule has 0 saturated heterocycles.